The van der Waals surface area contributed by atoms with E-state index in [1.165, 1.54) is 18.9 Å². The fourth-order valence-electron chi connectivity index (χ4n) is 2.06. The molecular weight excluding hydrogens is 235 g/mol. The van der Waals surface area contributed by atoms with Crippen LogP contribution in [0.15, 0.2) is 29.3 Å². The van der Waals surface area contributed by atoms with E-state index in [0.717, 1.165) is 26.2 Å². The van der Waals surface area contributed by atoms with Gasteiger partial charge in [-0.25, -0.2) is 14.4 Å². The van der Waals surface area contributed by atoms with Crippen molar-refractivity contribution in [3.8, 4) is 11.3 Å². The van der Waals surface area contributed by atoms with Crippen LogP contribution in [-0.2, 0) is 0 Å². The lowest BCUT2D eigenvalue weighted by Gasteiger charge is -2.28. The summed E-state index contributed by atoms with van der Waals surface area (Å²) in [5.41, 5.74) is 0.915. The largest absolute Gasteiger partial charge is 0.472 e. The number of nitrogens with one attached hydrogen (secondary N) is 1. The molecule has 0 aromatic carbocycles. The lowest BCUT2D eigenvalue weighted by molar-refractivity contribution is 0.555. The van der Waals surface area contributed by atoms with Gasteiger partial charge in [0, 0.05) is 31.7 Å². The van der Waals surface area contributed by atoms with Crippen LogP contribution in [0.4, 0.5) is 10.2 Å². The van der Waals surface area contributed by atoms with E-state index in [4.69, 9.17) is 4.42 Å². The molecular formula is C12H13FN4O. The highest BCUT2D eigenvalue weighted by Gasteiger charge is 2.20. The second kappa shape index (κ2) is 4.73. The Morgan fingerprint density at radius 3 is 2.83 bits per heavy atom. The summed E-state index contributed by atoms with van der Waals surface area (Å²) in [5, 5.41) is 3.22. The summed E-state index contributed by atoms with van der Waals surface area (Å²) in [6.45, 7) is 3.17. The first-order chi connectivity index (χ1) is 8.86. The summed E-state index contributed by atoms with van der Waals surface area (Å²) in [7, 11) is 0. The van der Waals surface area contributed by atoms with E-state index in [1.54, 1.807) is 6.07 Å². The van der Waals surface area contributed by atoms with E-state index in [0.29, 0.717) is 11.4 Å². The highest BCUT2D eigenvalue weighted by atomic mass is 19.1. The Morgan fingerprint density at radius 2 is 2.11 bits per heavy atom. The summed E-state index contributed by atoms with van der Waals surface area (Å²) < 4.78 is 19.4. The van der Waals surface area contributed by atoms with Gasteiger partial charge in [-0.15, -0.1) is 0 Å². The molecule has 18 heavy (non-hydrogen) atoms. The number of aromatic nitrogens is 2. The minimum absolute atomic E-state index is 0.285. The standard InChI is InChI=1S/C12H13FN4O/c13-10-11(9-1-6-18-7-9)15-8-16-12(10)17-4-2-14-3-5-17/h1,6-8,14H,2-5H2. The first kappa shape index (κ1) is 11.2. The van der Waals surface area contributed by atoms with E-state index in [2.05, 4.69) is 15.3 Å². The monoisotopic (exact) mass is 248 g/mol. The minimum atomic E-state index is -0.388. The van der Waals surface area contributed by atoms with Crippen molar-refractivity contribution in [2.24, 2.45) is 0 Å². The molecule has 5 nitrogen and oxygen atoms in total. The molecule has 2 aromatic rings. The Kier molecular flexibility index (Phi) is 2.93. The Bertz CT molecular complexity index is 523. The first-order valence-electron chi connectivity index (χ1n) is 5.85. The van der Waals surface area contributed by atoms with Crippen LogP contribution in [0.1, 0.15) is 0 Å². The molecule has 3 rings (SSSR count). The molecule has 1 saturated heterocycles. The average molecular weight is 248 g/mol. The molecule has 0 saturated carbocycles. The number of rotatable bonds is 2. The van der Waals surface area contributed by atoms with Crippen molar-refractivity contribution in [3.63, 3.8) is 0 Å². The molecule has 2 aromatic heterocycles. The number of hydrogen-bond donors (Lipinski definition) is 1. The normalized spacial score (nSPS) is 15.9. The van der Waals surface area contributed by atoms with Crippen molar-refractivity contribution in [3.05, 3.63) is 30.7 Å². The fraction of sp³-hybridized carbons (Fsp3) is 0.333. The van der Waals surface area contributed by atoms with Crippen molar-refractivity contribution < 1.29 is 8.81 Å². The van der Waals surface area contributed by atoms with Gasteiger partial charge in [0.05, 0.1) is 12.5 Å². The van der Waals surface area contributed by atoms with Crippen LogP contribution in [0.3, 0.4) is 0 Å². The predicted octanol–water partition coefficient (Wildman–Crippen LogP) is 1.29. The van der Waals surface area contributed by atoms with Crippen LogP contribution < -0.4 is 10.2 Å². The van der Waals surface area contributed by atoms with Crippen molar-refractivity contribution in [1.82, 2.24) is 15.3 Å². The molecule has 1 aliphatic rings. The maximum atomic E-state index is 14.4. The zero-order valence-electron chi connectivity index (χ0n) is 9.77. The average Bonchev–Trinajstić information content (AvgIpc) is 2.94. The molecule has 0 radical (unpaired) electrons. The van der Waals surface area contributed by atoms with Crippen LogP contribution in [0.5, 0.6) is 0 Å². The Balaban J connectivity index is 1.98. The van der Waals surface area contributed by atoms with Crippen molar-refractivity contribution in [2.75, 3.05) is 31.1 Å². The van der Waals surface area contributed by atoms with E-state index >= 15 is 0 Å². The van der Waals surface area contributed by atoms with Gasteiger partial charge in [-0.1, -0.05) is 0 Å². The van der Waals surface area contributed by atoms with Gasteiger partial charge in [0.1, 0.15) is 12.0 Å². The molecule has 1 N–H and O–H groups in total. The maximum Gasteiger partial charge on any atom is 0.192 e. The highest BCUT2D eigenvalue weighted by molar-refractivity contribution is 5.62. The highest BCUT2D eigenvalue weighted by Crippen LogP contribution is 2.26. The quantitative estimate of drug-likeness (QED) is 0.867. The molecule has 0 spiro atoms. The third-order valence-electron chi connectivity index (χ3n) is 2.98. The number of furan rings is 1. The van der Waals surface area contributed by atoms with E-state index < -0.39 is 0 Å². The van der Waals surface area contributed by atoms with Crippen molar-refractivity contribution >= 4 is 5.82 Å². The summed E-state index contributed by atoms with van der Waals surface area (Å²) in [4.78, 5) is 9.97. The van der Waals surface area contributed by atoms with Crippen LogP contribution in [0, 0.1) is 5.82 Å². The molecule has 6 heteroatoms. The number of halogens is 1. The van der Waals surface area contributed by atoms with Crippen LogP contribution in [0.2, 0.25) is 0 Å². The molecule has 1 fully saturated rings. The van der Waals surface area contributed by atoms with E-state index in [-0.39, 0.29) is 11.5 Å². The summed E-state index contributed by atoms with van der Waals surface area (Å²) in [6, 6.07) is 1.69. The molecule has 0 atom stereocenters. The lowest BCUT2D eigenvalue weighted by atomic mass is 10.2. The van der Waals surface area contributed by atoms with Gasteiger partial charge in [-0.2, -0.15) is 0 Å². The second-order valence-electron chi connectivity index (χ2n) is 4.11. The van der Waals surface area contributed by atoms with Gasteiger partial charge in [-0.05, 0) is 6.07 Å². The summed E-state index contributed by atoms with van der Waals surface area (Å²) in [6.07, 6.45) is 4.37. The number of hydrogen-bond acceptors (Lipinski definition) is 5. The summed E-state index contributed by atoms with van der Waals surface area (Å²) >= 11 is 0. The number of anilines is 1. The predicted molar refractivity (Wildman–Crippen MR) is 64.8 cm³/mol. The third kappa shape index (κ3) is 1.95. The molecule has 0 bridgehead atoms. The molecule has 0 aliphatic carbocycles. The third-order valence-corrected chi connectivity index (χ3v) is 2.98. The maximum absolute atomic E-state index is 14.4. The number of piperazine rings is 1. The fourth-order valence-corrected chi connectivity index (χ4v) is 2.06. The van der Waals surface area contributed by atoms with Gasteiger partial charge in [0.15, 0.2) is 11.6 Å². The smallest absolute Gasteiger partial charge is 0.192 e. The minimum Gasteiger partial charge on any atom is -0.472 e. The van der Waals surface area contributed by atoms with Gasteiger partial charge in [0.25, 0.3) is 0 Å². The van der Waals surface area contributed by atoms with Gasteiger partial charge >= 0.3 is 0 Å². The van der Waals surface area contributed by atoms with Gasteiger partial charge in [-0.3, -0.25) is 0 Å². The zero-order valence-corrected chi connectivity index (χ0v) is 9.77. The Morgan fingerprint density at radius 1 is 1.28 bits per heavy atom. The Hall–Kier alpha value is -1.95. The lowest BCUT2D eigenvalue weighted by Crippen LogP contribution is -2.44. The molecule has 3 heterocycles. The second-order valence-corrected chi connectivity index (χ2v) is 4.11. The van der Waals surface area contributed by atoms with Gasteiger partial charge in [0.2, 0.25) is 0 Å². The van der Waals surface area contributed by atoms with Gasteiger partial charge < -0.3 is 14.6 Å². The molecule has 0 unspecified atom stereocenters. The van der Waals surface area contributed by atoms with Crippen LogP contribution in [-0.4, -0.2) is 36.1 Å². The van der Waals surface area contributed by atoms with E-state index in [1.807, 2.05) is 4.90 Å². The number of nitrogens with zero attached hydrogens (tertiary/aromatic N) is 3. The van der Waals surface area contributed by atoms with E-state index in [9.17, 15) is 4.39 Å². The summed E-state index contributed by atoms with van der Waals surface area (Å²) in [5.74, 6) is -0.0245. The first-order valence-corrected chi connectivity index (χ1v) is 5.85. The van der Waals surface area contributed by atoms with Crippen molar-refractivity contribution in [1.29, 1.82) is 0 Å². The molecule has 94 valence electrons. The Labute approximate surface area is 104 Å². The van der Waals surface area contributed by atoms with Crippen molar-refractivity contribution in [2.45, 2.75) is 0 Å². The van der Waals surface area contributed by atoms with Crippen LogP contribution >= 0.6 is 0 Å². The molecule has 0 amide bonds. The van der Waals surface area contributed by atoms with Crippen LogP contribution in [0.25, 0.3) is 11.3 Å². The zero-order chi connectivity index (χ0) is 12.4. The molecule has 1 aliphatic heterocycles. The SMILES string of the molecule is Fc1c(-c2ccoc2)ncnc1N1CCNCC1. The topological polar surface area (TPSA) is 54.2 Å².